The number of nitrogens with one attached hydrogen (secondary N) is 1. The lowest BCUT2D eigenvalue weighted by molar-refractivity contribution is 0.318. The van der Waals surface area contributed by atoms with Crippen LogP contribution in [0.5, 0.6) is 0 Å². The topological polar surface area (TPSA) is 83.5 Å². The lowest BCUT2D eigenvalue weighted by atomic mass is 10.1. The summed E-state index contributed by atoms with van der Waals surface area (Å²) in [6, 6.07) is 10.0. The van der Waals surface area contributed by atoms with Crippen LogP contribution in [0.15, 0.2) is 41.7 Å². The van der Waals surface area contributed by atoms with Crippen LogP contribution in [0.2, 0.25) is 0 Å². The van der Waals surface area contributed by atoms with Crippen molar-refractivity contribution in [2.75, 3.05) is 5.32 Å². The maximum Gasteiger partial charge on any atom is 0.188 e. The maximum atomic E-state index is 8.66. The lowest BCUT2D eigenvalue weighted by Gasteiger charge is -2.09. The van der Waals surface area contributed by atoms with Gasteiger partial charge < -0.3 is 16.3 Å². The molecule has 0 bridgehead atoms. The van der Waals surface area contributed by atoms with E-state index in [0.29, 0.717) is 12.2 Å². The van der Waals surface area contributed by atoms with Crippen LogP contribution in [-0.2, 0) is 6.54 Å². The molecule has 0 amide bonds. The molecule has 1 aromatic heterocycles. The van der Waals surface area contributed by atoms with Crippen molar-refractivity contribution < 1.29 is 5.21 Å². The number of aryl methyl sites for hydroxylation is 2. The fraction of sp³-hybridized carbons (Fsp3) is 0.200. The molecule has 5 heteroatoms. The first kappa shape index (κ1) is 13.9. The van der Waals surface area contributed by atoms with Gasteiger partial charge in [-0.15, -0.1) is 0 Å². The highest BCUT2D eigenvalue weighted by Gasteiger charge is 2.02. The number of pyridine rings is 1. The quantitative estimate of drug-likeness (QED) is 0.345. The summed E-state index contributed by atoms with van der Waals surface area (Å²) < 4.78 is 0. The van der Waals surface area contributed by atoms with Gasteiger partial charge in [0, 0.05) is 18.4 Å². The van der Waals surface area contributed by atoms with E-state index in [4.69, 9.17) is 10.9 Å². The van der Waals surface area contributed by atoms with Crippen LogP contribution in [-0.4, -0.2) is 16.0 Å². The van der Waals surface area contributed by atoms with E-state index in [1.807, 2.05) is 6.07 Å². The standard InChI is InChI=1S/C15H18N4O/c1-10-5-11(2)7-13(6-10)18-9-12-3-4-17-14(8-12)15(16)19-20/h3-8,18,20H,9H2,1-2H3,(H2,16,19). The first-order valence-electron chi connectivity index (χ1n) is 6.33. The van der Waals surface area contributed by atoms with E-state index in [1.54, 1.807) is 12.3 Å². The molecule has 0 aliphatic carbocycles. The number of amidine groups is 1. The van der Waals surface area contributed by atoms with E-state index in [-0.39, 0.29) is 5.84 Å². The Kier molecular flexibility index (Phi) is 4.20. The molecule has 2 aromatic rings. The Morgan fingerprint density at radius 3 is 2.60 bits per heavy atom. The summed E-state index contributed by atoms with van der Waals surface area (Å²) in [5, 5.41) is 15.0. The van der Waals surface area contributed by atoms with Gasteiger partial charge >= 0.3 is 0 Å². The average molecular weight is 270 g/mol. The van der Waals surface area contributed by atoms with Crippen LogP contribution in [0.3, 0.4) is 0 Å². The molecule has 1 aromatic carbocycles. The molecule has 20 heavy (non-hydrogen) atoms. The van der Waals surface area contributed by atoms with Crippen LogP contribution in [0.4, 0.5) is 5.69 Å². The van der Waals surface area contributed by atoms with Crippen molar-refractivity contribution in [2.45, 2.75) is 20.4 Å². The molecule has 0 fully saturated rings. The number of hydrogen-bond donors (Lipinski definition) is 3. The van der Waals surface area contributed by atoms with E-state index in [1.165, 1.54) is 11.1 Å². The molecule has 0 saturated heterocycles. The van der Waals surface area contributed by atoms with Crippen molar-refractivity contribution in [1.29, 1.82) is 0 Å². The summed E-state index contributed by atoms with van der Waals surface area (Å²) in [6.07, 6.45) is 1.64. The first-order valence-corrected chi connectivity index (χ1v) is 6.33. The van der Waals surface area contributed by atoms with Gasteiger partial charge in [0.1, 0.15) is 5.69 Å². The Bertz CT molecular complexity index is 617. The van der Waals surface area contributed by atoms with Gasteiger partial charge in [0.25, 0.3) is 0 Å². The number of nitrogens with zero attached hydrogens (tertiary/aromatic N) is 2. The Labute approximate surface area is 118 Å². The third kappa shape index (κ3) is 3.47. The summed E-state index contributed by atoms with van der Waals surface area (Å²) in [5.41, 5.74) is 10.5. The highest BCUT2D eigenvalue weighted by atomic mass is 16.4. The van der Waals surface area contributed by atoms with Crippen LogP contribution in [0.25, 0.3) is 0 Å². The summed E-state index contributed by atoms with van der Waals surface area (Å²) in [5.74, 6) is 0.0123. The Balaban J connectivity index is 2.11. The van der Waals surface area contributed by atoms with Gasteiger partial charge in [-0.25, -0.2) is 0 Å². The van der Waals surface area contributed by atoms with Gasteiger partial charge in [-0.3, -0.25) is 4.98 Å². The molecule has 0 spiro atoms. The van der Waals surface area contributed by atoms with E-state index in [0.717, 1.165) is 11.3 Å². The highest BCUT2D eigenvalue weighted by Crippen LogP contribution is 2.15. The summed E-state index contributed by atoms with van der Waals surface area (Å²) >= 11 is 0. The van der Waals surface area contributed by atoms with Gasteiger partial charge in [0.05, 0.1) is 0 Å². The normalized spacial score (nSPS) is 11.4. The second-order valence-corrected chi connectivity index (χ2v) is 4.76. The summed E-state index contributed by atoms with van der Waals surface area (Å²) in [4.78, 5) is 4.05. The van der Waals surface area contributed by atoms with Gasteiger partial charge in [0.15, 0.2) is 5.84 Å². The van der Waals surface area contributed by atoms with Crippen LogP contribution in [0.1, 0.15) is 22.4 Å². The minimum atomic E-state index is 0.0123. The van der Waals surface area contributed by atoms with Gasteiger partial charge in [-0.2, -0.15) is 0 Å². The van der Waals surface area contributed by atoms with Crippen LogP contribution in [0, 0.1) is 13.8 Å². The smallest absolute Gasteiger partial charge is 0.188 e. The number of nitrogens with two attached hydrogens (primary N) is 1. The summed E-state index contributed by atoms with van der Waals surface area (Å²) in [6.45, 7) is 4.79. The van der Waals surface area contributed by atoms with E-state index in [9.17, 15) is 0 Å². The second-order valence-electron chi connectivity index (χ2n) is 4.76. The minimum absolute atomic E-state index is 0.0123. The molecule has 5 nitrogen and oxygen atoms in total. The first-order chi connectivity index (χ1) is 9.58. The molecule has 0 unspecified atom stereocenters. The zero-order valence-electron chi connectivity index (χ0n) is 11.6. The lowest BCUT2D eigenvalue weighted by Crippen LogP contribution is -2.15. The molecular formula is C15H18N4O. The maximum absolute atomic E-state index is 8.66. The third-order valence-electron chi connectivity index (χ3n) is 2.91. The van der Waals surface area contributed by atoms with Crippen molar-refractivity contribution in [3.63, 3.8) is 0 Å². The van der Waals surface area contributed by atoms with E-state index in [2.05, 4.69) is 47.5 Å². The molecule has 0 atom stereocenters. The third-order valence-corrected chi connectivity index (χ3v) is 2.91. The largest absolute Gasteiger partial charge is 0.409 e. The van der Waals surface area contributed by atoms with Crippen LogP contribution >= 0.6 is 0 Å². The van der Waals surface area contributed by atoms with Gasteiger partial charge in [0.2, 0.25) is 0 Å². The average Bonchev–Trinajstić information content (AvgIpc) is 2.43. The zero-order chi connectivity index (χ0) is 14.5. The Morgan fingerprint density at radius 2 is 1.95 bits per heavy atom. The molecule has 0 aliphatic rings. The number of benzene rings is 1. The number of hydrogen-bond acceptors (Lipinski definition) is 4. The Hall–Kier alpha value is -2.56. The molecule has 1 heterocycles. The van der Waals surface area contributed by atoms with Crippen molar-refractivity contribution in [2.24, 2.45) is 10.9 Å². The minimum Gasteiger partial charge on any atom is -0.409 e. The van der Waals surface area contributed by atoms with E-state index < -0.39 is 0 Å². The van der Waals surface area contributed by atoms with Gasteiger partial charge in [-0.1, -0.05) is 11.2 Å². The number of aromatic nitrogens is 1. The monoisotopic (exact) mass is 270 g/mol. The predicted octanol–water partition coefficient (Wildman–Crippen LogP) is 2.41. The second kappa shape index (κ2) is 6.06. The fourth-order valence-corrected chi connectivity index (χ4v) is 2.06. The molecule has 104 valence electrons. The number of anilines is 1. The molecule has 0 radical (unpaired) electrons. The molecule has 0 saturated carbocycles. The van der Waals surface area contributed by atoms with Crippen molar-refractivity contribution in [1.82, 2.24) is 4.98 Å². The SMILES string of the molecule is Cc1cc(C)cc(NCc2ccnc(C(N)=NO)c2)c1. The Morgan fingerprint density at radius 1 is 1.25 bits per heavy atom. The molecule has 4 N–H and O–H groups in total. The van der Waals surface area contributed by atoms with E-state index >= 15 is 0 Å². The van der Waals surface area contributed by atoms with Crippen molar-refractivity contribution in [3.05, 3.63) is 58.9 Å². The highest BCUT2D eigenvalue weighted by molar-refractivity contribution is 5.95. The predicted molar refractivity (Wildman–Crippen MR) is 80.0 cm³/mol. The fourth-order valence-electron chi connectivity index (χ4n) is 2.06. The molecule has 2 rings (SSSR count). The summed E-state index contributed by atoms with van der Waals surface area (Å²) in [7, 11) is 0. The van der Waals surface area contributed by atoms with Crippen LogP contribution < -0.4 is 11.1 Å². The number of rotatable bonds is 4. The molecule has 0 aliphatic heterocycles. The van der Waals surface area contributed by atoms with Crippen molar-refractivity contribution >= 4 is 11.5 Å². The number of oxime groups is 1. The molecular weight excluding hydrogens is 252 g/mol. The van der Waals surface area contributed by atoms with Gasteiger partial charge in [-0.05, 0) is 54.8 Å². The van der Waals surface area contributed by atoms with Crippen molar-refractivity contribution in [3.8, 4) is 0 Å². The zero-order valence-corrected chi connectivity index (χ0v) is 11.6.